The average molecular weight is 563 g/mol. The predicted octanol–water partition coefficient (Wildman–Crippen LogP) is 5.52. The highest BCUT2D eigenvalue weighted by Crippen LogP contribution is 2.36. The summed E-state index contributed by atoms with van der Waals surface area (Å²) in [4.78, 5) is 24.8. The van der Waals surface area contributed by atoms with E-state index in [-0.39, 0.29) is 24.0 Å². The summed E-state index contributed by atoms with van der Waals surface area (Å²) in [6.45, 7) is 5.49. The van der Waals surface area contributed by atoms with Crippen LogP contribution in [0.3, 0.4) is 0 Å². The summed E-state index contributed by atoms with van der Waals surface area (Å²) in [6.07, 6.45) is 0. The molecule has 8 heteroatoms. The molecule has 0 aliphatic carbocycles. The zero-order valence-electron chi connectivity index (χ0n) is 15.0. The van der Waals surface area contributed by atoms with Gasteiger partial charge in [-0.2, -0.15) is 0 Å². The number of amides is 2. The van der Waals surface area contributed by atoms with Crippen molar-refractivity contribution in [3.05, 3.63) is 55.4 Å². The smallest absolute Gasteiger partial charge is 0.262 e. The molecule has 2 aromatic rings. The van der Waals surface area contributed by atoms with E-state index in [4.69, 9.17) is 4.74 Å². The third kappa shape index (κ3) is 6.62. The van der Waals surface area contributed by atoms with E-state index in [0.29, 0.717) is 25.9 Å². The standard InChI is InChI=1S/C19H19Br3N2O3/c1-19(2,3)24-18(26)12-6-4-5-7-15(12)23-16(25)10-27-17-13(21)8-11(20)9-14(17)22/h4-9H,10H2,1-3H3,(H,23,25)(H,24,26). The number of para-hydroxylation sites is 1. The van der Waals surface area contributed by atoms with Gasteiger partial charge in [-0.15, -0.1) is 0 Å². The molecule has 5 nitrogen and oxygen atoms in total. The van der Waals surface area contributed by atoms with Crippen molar-refractivity contribution in [2.75, 3.05) is 11.9 Å². The van der Waals surface area contributed by atoms with Gasteiger partial charge in [0.05, 0.1) is 20.2 Å². The molecule has 0 saturated carbocycles. The van der Waals surface area contributed by atoms with E-state index in [0.717, 1.165) is 4.47 Å². The van der Waals surface area contributed by atoms with Crippen molar-refractivity contribution in [1.82, 2.24) is 5.32 Å². The molecule has 0 aromatic heterocycles. The molecular formula is C19H19Br3N2O3. The van der Waals surface area contributed by atoms with Crippen molar-refractivity contribution in [3.63, 3.8) is 0 Å². The van der Waals surface area contributed by atoms with Gasteiger partial charge in [-0.1, -0.05) is 28.1 Å². The minimum absolute atomic E-state index is 0.200. The van der Waals surface area contributed by atoms with Gasteiger partial charge in [0.2, 0.25) is 0 Å². The first-order valence-corrected chi connectivity index (χ1v) is 10.4. The summed E-state index contributed by atoms with van der Waals surface area (Å²) in [7, 11) is 0. The topological polar surface area (TPSA) is 67.4 Å². The van der Waals surface area contributed by atoms with Crippen molar-refractivity contribution >= 4 is 65.3 Å². The molecule has 0 aliphatic rings. The van der Waals surface area contributed by atoms with Crippen LogP contribution in [0.15, 0.2) is 49.8 Å². The van der Waals surface area contributed by atoms with Gasteiger partial charge in [0, 0.05) is 10.0 Å². The molecule has 144 valence electrons. The van der Waals surface area contributed by atoms with Gasteiger partial charge < -0.3 is 15.4 Å². The Balaban J connectivity index is 2.08. The lowest BCUT2D eigenvalue weighted by atomic mass is 10.1. The molecule has 0 saturated heterocycles. The normalized spacial score (nSPS) is 11.0. The highest BCUT2D eigenvalue weighted by atomic mass is 79.9. The second-order valence-corrected chi connectivity index (χ2v) is 9.41. The zero-order chi connectivity index (χ0) is 20.2. The number of carbonyl (C=O) groups is 2. The molecule has 0 spiro atoms. The van der Waals surface area contributed by atoms with Crippen LogP contribution < -0.4 is 15.4 Å². The fraction of sp³-hybridized carbons (Fsp3) is 0.263. The summed E-state index contributed by atoms with van der Waals surface area (Å²) in [5.41, 5.74) is 0.450. The highest BCUT2D eigenvalue weighted by molar-refractivity contribution is 9.11. The van der Waals surface area contributed by atoms with Gasteiger partial charge >= 0.3 is 0 Å². The number of nitrogens with one attached hydrogen (secondary N) is 2. The van der Waals surface area contributed by atoms with Crippen LogP contribution in [-0.2, 0) is 4.79 Å². The number of carbonyl (C=O) groups excluding carboxylic acids is 2. The third-order valence-electron chi connectivity index (χ3n) is 3.24. The minimum Gasteiger partial charge on any atom is -0.481 e. The van der Waals surface area contributed by atoms with E-state index in [1.807, 2.05) is 32.9 Å². The van der Waals surface area contributed by atoms with Crippen LogP contribution in [0.1, 0.15) is 31.1 Å². The number of hydrogen-bond donors (Lipinski definition) is 2. The highest BCUT2D eigenvalue weighted by Gasteiger charge is 2.19. The van der Waals surface area contributed by atoms with Crippen LogP contribution in [0.4, 0.5) is 5.69 Å². The molecule has 0 bridgehead atoms. The molecule has 2 N–H and O–H groups in total. The summed E-state index contributed by atoms with van der Waals surface area (Å²) in [5, 5.41) is 5.62. The Morgan fingerprint density at radius 1 is 1.04 bits per heavy atom. The van der Waals surface area contributed by atoms with E-state index in [1.165, 1.54) is 0 Å². The van der Waals surface area contributed by atoms with Gasteiger partial charge in [-0.05, 0) is 76.9 Å². The lowest BCUT2D eigenvalue weighted by Gasteiger charge is -2.21. The molecular weight excluding hydrogens is 544 g/mol. The van der Waals surface area contributed by atoms with E-state index in [1.54, 1.807) is 24.3 Å². The van der Waals surface area contributed by atoms with Gasteiger partial charge in [0.25, 0.3) is 11.8 Å². The molecule has 27 heavy (non-hydrogen) atoms. The summed E-state index contributed by atoms with van der Waals surface area (Å²) in [5.74, 6) is -0.0995. The summed E-state index contributed by atoms with van der Waals surface area (Å²) in [6, 6.07) is 10.5. The largest absolute Gasteiger partial charge is 0.481 e. The fourth-order valence-electron chi connectivity index (χ4n) is 2.19. The van der Waals surface area contributed by atoms with Crippen molar-refractivity contribution < 1.29 is 14.3 Å². The number of rotatable bonds is 5. The van der Waals surface area contributed by atoms with Crippen LogP contribution in [-0.4, -0.2) is 24.0 Å². The molecule has 0 fully saturated rings. The number of ether oxygens (including phenoxy) is 1. The van der Waals surface area contributed by atoms with Crippen LogP contribution in [0.2, 0.25) is 0 Å². The van der Waals surface area contributed by atoms with Crippen LogP contribution in [0.5, 0.6) is 5.75 Å². The second kappa shape index (κ2) is 9.21. The van der Waals surface area contributed by atoms with E-state index >= 15 is 0 Å². The van der Waals surface area contributed by atoms with Crippen molar-refractivity contribution in [3.8, 4) is 5.75 Å². The Morgan fingerprint density at radius 2 is 1.63 bits per heavy atom. The van der Waals surface area contributed by atoms with Crippen molar-refractivity contribution in [2.45, 2.75) is 26.3 Å². The second-order valence-electron chi connectivity index (χ2n) is 6.79. The first-order valence-electron chi connectivity index (χ1n) is 8.05. The lowest BCUT2D eigenvalue weighted by Crippen LogP contribution is -2.41. The summed E-state index contributed by atoms with van der Waals surface area (Å²) >= 11 is 10.2. The van der Waals surface area contributed by atoms with Crippen LogP contribution >= 0.6 is 47.8 Å². The minimum atomic E-state index is -0.378. The first-order chi connectivity index (χ1) is 12.6. The Hall–Kier alpha value is -1.38. The monoisotopic (exact) mass is 560 g/mol. The van der Waals surface area contributed by atoms with Crippen LogP contribution in [0.25, 0.3) is 0 Å². The Kier molecular flexibility index (Phi) is 7.47. The Bertz CT molecular complexity index is 841. The van der Waals surface area contributed by atoms with Crippen LogP contribution in [0, 0.1) is 0 Å². The number of halogens is 3. The first kappa shape index (κ1) is 21.9. The van der Waals surface area contributed by atoms with Crippen molar-refractivity contribution in [2.24, 2.45) is 0 Å². The van der Waals surface area contributed by atoms with Gasteiger partial charge in [-0.3, -0.25) is 9.59 Å². The number of hydrogen-bond acceptors (Lipinski definition) is 3. The van der Waals surface area contributed by atoms with Gasteiger partial charge in [0.1, 0.15) is 5.75 Å². The predicted molar refractivity (Wildman–Crippen MR) is 117 cm³/mol. The molecule has 2 amide bonds. The maximum Gasteiger partial charge on any atom is 0.262 e. The maximum absolute atomic E-state index is 12.5. The maximum atomic E-state index is 12.5. The molecule has 0 heterocycles. The van der Waals surface area contributed by atoms with E-state index < -0.39 is 0 Å². The molecule has 0 atom stereocenters. The number of benzene rings is 2. The third-order valence-corrected chi connectivity index (χ3v) is 4.88. The molecule has 0 unspecified atom stereocenters. The lowest BCUT2D eigenvalue weighted by molar-refractivity contribution is -0.118. The van der Waals surface area contributed by atoms with E-state index in [2.05, 4.69) is 58.4 Å². The Morgan fingerprint density at radius 3 is 2.22 bits per heavy atom. The van der Waals surface area contributed by atoms with E-state index in [9.17, 15) is 9.59 Å². The zero-order valence-corrected chi connectivity index (χ0v) is 19.8. The van der Waals surface area contributed by atoms with Crippen molar-refractivity contribution in [1.29, 1.82) is 0 Å². The number of anilines is 1. The Labute approximate surface area is 183 Å². The summed E-state index contributed by atoms with van der Waals surface area (Å²) < 4.78 is 7.90. The quantitative estimate of drug-likeness (QED) is 0.504. The van der Waals surface area contributed by atoms with Gasteiger partial charge in [0.15, 0.2) is 6.61 Å². The molecule has 2 rings (SSSR count). The SMILES string of the molecule is CC(C)(C)NC(=O)c1ccccc1NC(=O)COc1c(Br)cc(Br)cc1Br. The average Bonchev–Trinajstić information content (AvgIpc) is 2.52. The fourth-order valence-corrected chi connectivity index (χ4v) is 4.68. The molecule has 0 aliphatic heterocycles. The van der Waals surface area contributed by atoms with Gasteiger partial charge in [-0.25, -0.2) is 0 Å². The molecule has 2 aromatic carbocycles. The molecule has 0 radical (unpaired) electrons.